The van der Waals surface area contributed by atoms with Gasteiger partial charge < -0.3 is 10.6 Å². The number of guanidine groups is 1. The molecule has 1 atom stereocenters. The van der Waals surface area contributed by atoms with Crippen molar-refractivity contribution >= 4 is 17.3 Å². The van der Waals surface area contributed by atoms with Gasteiger partial charge >= 0.3 is 0 Å². The molecule has 0 spiro atoms. The highest BCUT2D eigenvalue weighted by atomic mass is 32.1. The Bertz CT molecular complexity index is 390. The van der Waals surface area contributed by atoms with Crippen LogP contribution in [0.4, 0.5) is 0 Å². The molecule has 0 saturated heterocycles. The highest BCUT2D eigenvalue weighted by Crippen LogP contribution is 2.15. The van der Waals surface area contributed by atoms with E-state index in [0.717, 1.165) is 23.2 Å². The first kappa shape index (κ1) is 15.0. The lowest BCUT2D eigenvalue weighted by Crippen LogP contribution is -2.43. The zero-order valence-electron chi connectivity index (χ0n) is 12.2. The number of nitrogens with zero attached hydrogens (tertiary/aromatic N) is 2. The van der Waals surface area contributed by atoms with Crippen molar-refractivity contribution in [2.24, 2.45) is 10.9 Å². The molecule has 18 heavy (non-hydrogen) atoms. The summed E-state index contributed by atoms with van der Waals surface area (Å²) in [5, 5.41) is 7.77. The largest absolute Gasteiger partial charge is 0.354 e. The number of aromatic nitrogens is 1. The Morgan fingerprint density at radius 1 is 1.33 bits per heavy atom. The van der Waals surface area contributed by atoms with E-state index in [9.17, 15) is 0 Å². The quantitative estimate of drug-likeness (QED) is 0.651. The van der Waals surface area contributed by atoms with Gasteiger partial charge in [0.15, 0.2) is 5.96 Å². The fraction of sp³-hybridized carbons (Fsp3) is 0.692. The summed E-state index contributed by atoms with van der Waals surface area (Å²) >= 11 is 1.74. The summed E-state index contributed by atoms with van der Waals surface area (Å²) in [6.45, 7) is 11.4. The van der Waals surface area contributed by atoms with E-state index in [1.165, 1.54) is 4.88 Å². The summed E-state index contributed by atoms with van der Waals surface area (Å²) in [6, 6.07) is 0.399. The van der Waals surface area contributed by atoms with E-state index in [-0.39, 0.29) is 0 Å². The van der Waals surface area contributed by atoms with Gasteiger partial charge in [-0.25, -0.2) is 4.98 Å². The normalized spacial score (nSPS) is 13.8. The summed E-state index contributed by atoms with van der Waals surface area (Å²) < 4.78 is 0. The van der Waals surface area contributed by atoms with Crippen molar-refractivity contribution in [1.82, 2.24) is 15.6 Å². The van der Waals surface area contributed by atoms with Gasteiger partial charge in [0.1, 0.15) is 5.01 Å². The summed E-state index contributed by atoms with van der Waals surface area (Å²) in [5.74, 6) is 1.41. The van der Waals surface area contributed by atoms with Crippen LogP contribution in [-0.4, -0.2) is 24.0 Å². The van der Waals surface area contributed by atoms with E-state index >= 15 is 0 Å². The van der Waals surface area contributed by atoms with Gasteiger partial charge in [-0.05, 0) is 26.7 Å². The lowest BCUT2D eigenvalue weighted by atomic mass is 10.1. The van der Waals surface area contributed by atoms with E-state index in [1.807, 2.05) is 6.92 Å². The fourth-order valence-corrected chi connectivity index (χ4v) is 2.22. The molecule has 0 amide bonds. The highest BCUT2D eigenvalue weighted by molar-refractivity contribution is 7.11. The maximum Gasteiger partial charge on any atom is 0.191 e. The number of hydrogen-bond acceptors (Lipinski definition) is 3. The molecule has 0 bridgehead atoms. The van der Waals surface area contributed by atoms with E-state index in [1.54, 1.807) is 18.4 Å². The number of nitrogens with one attached hydrogen (secondary N) is 2. The summed E-state index contributed by atoms with van der Waals surface area (Å²) in [4.78, 5) is 10.0. The number of aliphatic imine (C=N–C) groups is 1. The molecule has 5 heteroatoms. The van der Waals surface area contributed by atoms with Crippen LogP contribution in [0.25, 0.3) is 0 Å². The summed E-state index contributed by atoms with van der Waals surface area (Å²) in [7, 11) is 1.79. The van der Waals surface area contributed by atoms with Crippen molar-refractivity contribution in [2.45, 2.75) is 47.2 Å². The maximum absolute atomic E-state index is 4.50. The van der Waals surface area contributed by atoms with Crippen LogP contribution in [0.5, 0.6) is 0 Å². The fourth-order valence-electron chi connectivity index (χ4n) is 1.35. The molecular weight excluding hydrogens is 244 g/mol. The third-order valence-corrected chi connectivity index (χ3v) is 4.14. The Hall–Kier alpha value is -1.10. The standard InChI is InChI=1S/C13H24N4S/c1-8(2)9(3)17-13(14-6)15-7-12-16-10(4)11(5)18-12/h8-9H,7H2,1-6H3,(H2,14,15,17). The minimum absolute atomic E-state index is 0.399. The van der Waals surface area contributed by atoms with E-state index in [0.29, 0.717) is 12.0 Å². The zero-order chi connectivity index (χ0) is 13.7. The predicted molar refractivity (Wildman–Crippen MR) is 79.2 cm³/mol. The molecule has 0 aliphatic carbocycles. The predicted octanol–water partition coefficient (Wildman–Crippen LogP) is 2.47. The second kappa shape index (κ2) is 6.73. The molecule has 1 rings (SSSR count). The molecule has 0 aromatic carbocycles. The second-order valence-corrected chi connectivity index (χ2v) is 6.14. The highest BCUT2D eigenvalue weighted by Gasteiger charge is 2.09. The van der Waals surface area contributed by atoms with Crippen LogP contribution in [-0.2, 0) is 6.54 Å². The van der Waals surface area contributed by atoms with E-state index in [4.69, 9.17) is 0 Å². The zero-order valence-corrected chi connectivity index (χ0v) is 13.0. The topological polar surface area (TPSA) is 49.3 Å². The van der Waals surface area contributed by atoms with Crippen molar-refractivity contribution in [3.05, 3.63) is 15.6 Å². The molecule has 0 radical (unpaired) electrons. The average molecular weight is 268 g/mol. The number of hydrogen-bond donors (Lipinski definition) is 2. The smallest absolute Gasteiger partial charge is 0.191 e. The first-order valence-electron chi connectivity index (χ1n) is 6.34. The molecule has 0 fully saturated rings. The van der Waals surface area contributed by atoms with Crippen LogP contribution in [0.3, 0.4) is 0 Å². The third kappa shape index (κ3) is 4.29. The van der Waals surface area contributed by atoms with Gasteiger partial charge in [-0.2, -0.15) is 0 Å². The number of aryl methyl sites for hydroxylation is 2. The van der Waals surface area contributed by atoms with Crippen molar-refractivity contribution < 1.29 is 0 Å². The van der Waals surface area contributed by atoms with Crippen LogP contribution in [0.15, 0.2) is 4.99 Å². The molecule has 0 aliphatic rings. The Kier molecular flexibility index (Phi) is 5.59. The van der Waals surface area contributed by atoms with Gasteiger partial charge in [0.2, 0.25) is 0 Å². The molecule has 1 aromatic rings. The Balaban J connectivity index is 2.50. The molecule has 102 valence electrons. The van der Waals surface area contributed by atoms with Crippen molar-refractivity contribution in [3.8, 4) is 0 Å². The van der Waals surface area contributed by atoms with Crippen LogP contribution in [0.1, 0.15) is 36.3 Å². The Morgan fingerprint density at radius 2 is 2.00 bits per heavy atom. The molecule has 0 saturated carbocycles. The lowest BCUT2D eigenvalue weighted by molar-refractivity contribution is 0.481. The van der Waals surface area contributed by atoms with E-state index < -0.39 is 0 Å². The van der Waals surface area contributed by atoms with Crippen LogP contribution >= 0.6 is 11.3 Å². The lowest BCUT2D eigenvalue weighted by Gasteiger charge is -2.20. The SMILES string of the molecule is CN=C(NCc1nc(C)c(C)s1)NC(C)C(C)C. The minimum Gasteiger partial charge on any atom is -0.354 e. The molecule has 0 aliphatic heterocycles. The minimum atomic E-state index is 0.399. The Labute approximate surface area is 114 Å². The number of rotatable bonds is 4. The molecule has 1 heterocycles. The van der Waals surface area contributed by atoms with Crippen molar-refractivity contribution in [3.63, 3.8) is 0 Å². The average Bonchev–Trinajstić information content (AvgIpc) is 2.63. The second-order valence-electron chi connectivity index (χ2n) is 4.85. The van der Waals surface area contributed by atoms with Crippen LogP contribution in [0.2, 0.25) is 0 Å². The van der Waals surface area contributed by atoms with Gasteiger partial charge in [-0.3, -0.25) is 4.99 Å². The van der Waals surface area contributed by atoms with Gasteiger partial charge in [-0.15, -0.1) is 11.3 Å². The number of thiazole rings is 1. The van der Waals surface area contributed by atoms with Crippen molar-refractivity contribution in [2.75, 3.05) is 7.05 Å². The van der Waals surface area contributed by atoms with Crippen molar-refractivity contribution in [1.29, 1.82) is 0 Å². The van der Waals surface area contributed by atoms with Crippen LogP contribution < -0.4 is 10.6 Å². The van der Waals surface area contributed by atoms with E-state index in [2.05, 4.69) is 48.3 Å². The molecule has 1 unspecified atom stereocenters. The van der Waals surface area contributed by atoms with Gasteiger partial charge in [0, 0.05) is 18.0 Å². The van der Waals surface area contributed by atoms with Gasteiger partial charge in [-0.1, -0.05) is 13.8 Å². The molecular formula is C13H24N4S. The maximum atomic E-state index is 4.50. The summed E-state index contributed by atoms with van der Waals surface area (Å²) in [5.41, 5.74) is 1.12. The first-order valence-corrected chi connectivity index (χ1v) is 7.15. The monoisotopic (exact) mass is 268 g/mol. The third-order valence-electron chi connectivity index (χ3n) is 3.07. The molecule has 1 aromatic heterocycles. The Morgan fingerprint density at radius 3 is 2.44 bits per heavy atom. The first-order chi connectivity index (χ1) is 8.43. The van der Waals surface area contributed by atoms with Gasteiger partial charge in [0.05, 0.1) is 12.2 Å². The molecule has 4 nitrogen and oxygen atoms in total. The van der Waals surface area contributed by atoms with Gasteiger partial charge in [0.25, 0.3) is 0 Å². The molecule has 2 N–H and O–H groups in total. The summed E-state index contributed by atoms with van der Waals surface area (Å²) in [6.07, 6.45) is 0. The van der Waals surface area contributed by atoms with Crippen LogP contribution in [0, 0.1) is 19.8 Å².